The molecule has 0 unspecified atom stereocenters. The van der Waals surface area contributed by atoms with Crippen molar-refractivity contribution in [2.45, 2.75) is 18.9 Å². The minimum atomic E-state index is 0.248. The number of aliphatic hydroxyl groups excluding tert-OH is 1. The topological polar surface area (TPSA) is 89.9 Å². The number of rotatable bonds is 2. The molecule has 0 amide bonds. The predicted molar refractivity (Wildman–Crippen MR) is 66.3 cm³/mol. The van der Waals surface area contributed by atoms with E-state index in [-0.39, 0.29) is 6.61 Å². The predicted octanol–water partition coefficient (Wildman–Crippen LogP) is 1.11. The quantitative estimate of drug-likeness (QED) is 0.811. The van der Waals surface area contributed by atoms with Gasteiger partial charge < -0.3 is 10.8 Å². The molecule has 0 aliphatic heterocycles. The third-order valence-corrected chi connectivity index (χ3v) is 3.86. The highest BCUT2D eigenvalue weighted by Gasteiger charge is 2.32. The monoisotopic (exact) mass is 297 g/mol. The van der Waals surface area contributed by atoms with Crippen molar-refractivity contribution in [2.75, 3.05) is 12.3 Å². The first-order valence-corrected chi connectivity index (χ1v) is 6.24. The minimum Gasteiger partial charge on any atom is -0.396 e. The van der Waals surface area contributed by atoms with Crippen LogP contribution in [0.15, 0.2) is 11.1 Å². The maximum atomic E-state index is 9.05. The molecule has 0 radical (unpaired) electrons. The third-order valence-electron chi connectivity index (χ3n) is 3.30. The Bertz CT molecular complexity index is 563. The number of nitrogens with zero attached hydrogens (tertiary/aromatic N) is 4. The minimum absolute atomic E-state index is 0.248. The molecule has 0 bridgehead atoms. The molecule has 90 valence electrons. The van der Waals surface area contributed by atoms with E-state index >= 15 is 0 Å². The Morgan fingerprint density at radius 3 is 2.94 bits per heavy atom. The lowest BCUT2D eigenvalue weighted by Gasteiger charge is -2.35. The molecular formula is C10H12BrN5O. The van der Waals surface area contributed by atoms with Crippen LogP contribution in [0.5, 0.6) is 0 Å². The lowest BCUT2D eigenvalue weighted by molar-refractivity contribution is 0.113. The van der Waals surface area contributed by atoms with Crippen molar-refractivity contribution in [2.24, 2.45) is 5.92 Å². The van der Waals surface area contributed by atoms with Crippen LogP contribution < -0.4 is 5.73 Å². The lowest BCUT2D eigenvalue weighted by Crippen LogP contribution is -2.29. The van der Waals surface area contributed by atoms with Gasteiger partial charge in [0.05, 0.1) is 0 Å². The summed E-state index contributed by atoms with van der Waals surface area (Å²) in [6.45, 7) is 0.248. The molecule has 0 atom stereocenters. The van der Waals surface area contributed by atoms with E-state index < -0.39 is 0 Å². The Morgan fingerprint density at radius 1 is 1.47 bits per heavy atom. The normalized spacial score (nSPS) is 23.9. The van der Waals surface area contributed by atoms with Crippen LogP contribution in [-0.4, -0.2) is 31.2 Å². The molecule has 17 heavy (non-hydrogen) atoms. The van der Waals surface area contributed by atoms with Crippen molar-refractivity contribution in [3.63, 3.8) is 0 Å². The van der Waals surface area contributed by atoms with Crippen molar-refractivity contribution in [3.8, 4) is 0 Å². The van der Waals surface area contributed by atoms with Crippen molar-refractivity contribution in [1.29, 1.82) is 0 Å². The van der Waals surface area contributed by atoms with Gasteiger partial charge in [0, 0.05) is 12.6 Å². The summed E-state index contributed by atoms with van der Waals surface area (Å²) < 4.78 is 2.75. The van der Waals surface area contributed by atoms with Crippen molar-refractivity contribution in [3.05, 3.63) is 11.1 Å². The van der Waals surface area contributed by atoms with E-state index in [0.29, 0.717) is 23.3 Å². The molecular weight excluding hydrogens is 286 g/mol. The maximum absolute atomic E-state index is 9.05. The molecule has 3 N–H and O–H groups in total. The number of imidazole rings is 1. The summed E-state index contributed by atoms with van der Waals surface area (Å²) in [6, 6.07) is 0.334. The Morgan fingerprint density at radius 2 is 2.24 bits per heavy atom. The van der Waals surface area contributed by atoms with Crippen LogP contribution >= 0.6 is 15.9 Å². The first-order chi connectivity index (χ1) is 8.20. The molecule has 3 rings (SSSR count). The van der Waals surface area contributed by atoms with Crippen LogP contribution in [0.2, 0.25) is 0 Å². The van der Waals surface area contributed by atoms with Gasteiger partial charge in [0.25, 0.3) is 0 Å². The van der Waals surface area contributed by atoms with Gasteiger partial charge in [0.2, 0.25) is 0 Å². The van der Waals surface area contributed by atoms with Crippen LogP contribution in [0, 0.1) is 5.92 Å². The molecule has 2 aromatic heterocycles. The fraction of sp³-hybridized carbons (Fsp3) is 0.500. The van der Waals surface area contributed by atoms with Crippen molar-refractivity contribution in [1.82, 2.24) is 19.5 Å². The molecule has 2 aromatic rings. The zero-order valence-electron chi connectivity index (χ0n) is 9.04. The molecule has 0 spiro atoms. The third kappa shape index (κ3) is 1.61. The first kappa shape index (κ1) is 10.9. The SMILES string of the molecule is Nc1ncnc2c1nc(Br)n2C1CC(CO)C1. The number of nitrogen functional groups attached to an aromatic ring is 1. The van der Waals surface area contributed by atoms with Crippen LogP contribution in [0.3, 0.4) is 0 Å². The smallest absolute Gasteiger partial charge is 0.179 e. The second-order valence-corrected chi connectivity index (χ2v) is 5.07. The van der Waals surface area contributed by atoms with Gasteiger partial charge in [-0.2, -0.15) is 0 Å². The molecule has 0 aromatic carbocycles. The highest BCUT2D eigenvalue weighted by Crippen LogP contribution is 2.40. The Labute approximate surface area is 106 Å². The van der Waals surface area contributed by atoms with E-state index in [2.05, 4.69) is 30.9 Å². The van der Waals surface area contributed by atoms with Gasteiger partial charge in [-0.25, -0.2) is 15.0 Å². The van der Waals surface area contributed by atoms with E-state index in [4.69, 9.17) is 10.8 Å². The number of anilines is 1. The van der Waals surface area contributed by atoms with Gasteiger partial charge in [0.15, 0.2) is 21.7 Å². The number of halogens is 1. The number of nitrogens with two attached hydrogens (primary N) is 1. The van der Waals surface area contributed by atoms with Gasteiger partial charge in [-0.05, 0) is 34.7 Å². The molecule has 1 fully saturated rings. The summed E-state index contributed by atoms with van der Waals surface area (Å²) in [6.07, 6.45) is 3.35. The molecule has 7 heteroatoms. The summed E-state index contributed by atoms with van der Waals surface area (Å²) in [4.78, 5) is 12.5. The van der Waals surface area contributed by atoms with E-state index in [1.807, 2.05) is 4.57 Å². The first-order valence-electron chi connectivity index (χ1n) is 5.45. The van der Waals surface area contributed by atoms with E-state index in [1.54, 1.807) is 0 Å². The molecule has 1 aliphatic rings. The van der Waals surface area contributed by atoms with Crippen LogP contribution in [0.25, 0.3) is 11.2 Å². The second-order valence-electron chi connectivity index (χ2n) is 4.36. The summed E-state index contributed by atoms with van der Waals surface area (Å²) >= 11 is 3.43. The Hall–Kier alpha value is -1.21. The van der Waals surface area contributed by atoms with Gasteiger partial charge >= 0.3 is 0 Å². The van der Waals surface area contributed by atoms with Crippen molar-refractivity contribution >= 4 is 32.9 Å². The van der Waals surface area contributed by atoms with Gasteiger partial charge in [0.1, 0.15) is 6.33 Å². The lowest BCUT2D eigenvalue weighted by atomic mass is 9.81. The Balaban J connectivity index is 2.05. The number of aliphatic hydroxyl groups is 1. The average Bonchev–Trinajstić information content (AvgIpc) is 2.57. The highest BCUT2D eigenvalue weighted by molar-refractivity contribution is 9.10. The summed E-state index contributed by atoms with van der Waals surface area (Å²) in [7, 11) is 0. The van der Waals surface area contributed by atoms with Gasteiger partial charge in [-0.1, -0.05) is 0 Å². The van der Waals surface area contributed by atoms with Gasteiger partial charge in [-0.15, -0.1) is 0 Å². The number of hydrogen-bond acceptors (Lipinski definition) is 5. The van der Waals surface area contributed by atoms with Gasteiger partial charge in [-0.3, -0.25) is 4.57 Å². The van der Waals surface area contributed by atoms with Crippen molar-refractivity contribution < 1.29 is 5.11 Å². The second kappa shape index (κ2) is 3.92. The summed E-state index contributed by atoms with van der Waals surface area (Å²) in [5.74, 6) is 0.788. The molecule has 0 saturated heterocycles. The fourth-order valence-electron chi connectivity index (χ4n) is 2.28. The summed E-state index contributed by atoms with van der Waals surface area (Å²) in [5, 5.41) is 9.05. The highest BCUT2D eigenvalue weighted by atomic mass is 79.9. The van der Waals surface area contributed by atoms with Crippen LogP contribution in [-0.2, 0) is 0 Å². The largest absolute Gasteiger partial charge is 0.396 e. The van der Waals surface area contributed by atoms with E-state index in [0.717, 1.165) is 23.2 Å². The zero-order chi connectivity index (χ0) is 12.0. The Kier molecular flexibility index (Phi) is 2.52. The molecule has 2 heterocycles. The number of aromatic nitrogens is 4. The zero-order valence-corrected chi connectivity index (χ0v) is 10.6. The number of fused-ring (bicyclic) bond motifs is 1. The average molecular weight is 298 g/mol. The number of hydrogen-bond donors (Lipinski definition) is 2. The summed E-state index contributed by atoms with van der Waals surface area (Å²) in [5.41, 5.74) is 7.15. The van der Waals surface area contributed by atoms with E-state index in [1.165, 1.54) is 6.33 Å². The molecule has 6 nitrogen and oxygen atoms in total. The molecule has 1 aliphatic carbocycles. The van der Waals surface area contributed by atoms with Crippen LogP contribution in [0.1, 0.15) is 18.9 Å². The molecule has 1 saturated carbocycles. The maximum Gasteiger partial charge on any atom is 0.179 e. The standard InChI is InChI=1S/C10H12BrN5O/c11-10-15-7-8(12)13-4-14-9(7)16(10)6-1-5(2-6)3-17/h4-6,17H,1-3H2,(H2,12,13,14). The fourth-order valence-corrected chi connectivity index (χ4v) is 2.92. The van der Waals surface area contributed by atoms with Crippen LogP contribution in [0.4, 0.5) is 5.82 Å². The van der Waals surface area contributed by atoms with E-state index in [9.17, 15) is 0 Å².